The van der Waals surface area contributed by atoms with Crippen LogP contribution in [0.25, 0.3) is 0 Å². The molecule has 0 N–H and O–H groups in total. The molecule has 124 valence electrons. The molecular formula is C14H16F3N5O. The number of piperidine rings is 1. The van der Waals surface area contributed by atoms with E-state index in [0.717, 1.165) is 25.1 Å². The van der Waals surface area contributed by atoms with Gasteiger partial charge in [-0.25, -0.2) is 9.97 Å². The van der Waals surface area contributed by atoms with Gasteiger partial charge in [-0.15, -0.1) is 0 Å². The zero-order chi connectivity index (χ0) is 16.4. The van der Waals surface area contributed by atoms with Crippen molar-refractivity contribution < 1.29 is 17.7 Å². The molecule has 2 aromatic rings. The van der Waals surface area contributed by atoms with Gasteiger partial charge in [0.25, 0.3) is 0 Å². The summed E-state index contributed by atoms with van der Waals surface area (Å²) in [5, 5.41) is 3.87. The number of halogens is 3. The van der Waals surface area contributed by atoms with Crippen LogP contribution in [0.5, 0.6) is 0 Å². The van der Waals surface area contributed by atoms with Crippen molar-refractivity contribution in [1.29, 1.82) is 0 Å². The molecule has 6 nitrogen and oxygen atoms in total. The molecule has 23 heavy (non-hydrogen) atoms. The van der Waals surface area contributed by atoms with E-state index in [9.17, 15) is 13.2 Å². The average Bonchev–Trinajstić information content (AvgIpc) is 2.92. The maximum Gasteiger partial charge on any atom is 0.433 e. The van der Waals surface area contributed by atoms with E-state index in [1.54, 1.807) is 11.8 Å². The van der Waals surface area contributed by atoms with Gasteiger partial charge in [-0.05, 0) is 24.8 Å². The molecule has 0 aliphatic carbocycles. The van der Waals surface area contributed by atoms with E-state index in [1.165, 1.54) is 0 Å². The van der Waals surface area contributed by atoms with E-state index in [2.05, 4.69) is 20.1 Å². The summed E-state index contributed by atoms with van der Waals surface area (Å²) >= 11 is 0. The van der Waals surface area contributed by atoms with Crippen molar-refractivity contribution in [2.45, 2.75) is 32.4 Å². The predicted octanol–water partition coefficient (Wildman–Crippen LogP) is 2.65. The second kappa shape index (κ2) is 6.13. The van der Waals surface area contributed by atoms with Gasteiger partial charge in [-0.2, -0.15) is 18.2 Å². The molecule has 9 heteroatoms. The van der Waals surface area contributed by atoms with Gasteiger partial charge >= 0.3 is 6.18 Å². The molecule has 2 aromatic heterocycles. The molecule has 3 heterocycles. The number of anilines is 1. The number of hydrogen-bond acceptors (Lipinski definition) is 6. The molecule has 0 aromatic carbocycles. The van der Waals surface area contributed by atoms with Crippen LogP contribution in [-0.2, 0) is 12.6 Å². The van der Waals surface area contributed by atoms with Gasteiger partial charge in [-0.1, -0.05) is 5.16 Å². The topological polar surface area (TPSA) is 67.9 Å². The van der Waals surface area contributed by atoms with Crippen LogP contribution in [0.1, 0.15) is 30.3 Å². The van der Waals surface area contributed by atoms with Gasteiger partial charge in [0, 0.05) is 32.6 Å². The second-order valence-electron chi connectivity index (χ2n) is 5.63. The first-order valence-corrected chi connectivity index (χ1v) is 7.36. The van der Waals surface area contributed by atoms with E-state index in [4.69, 9.17) is 4.52 Å². The first-order chi connectivity index (χ1) is 10.9. The van der Waals surface area contributed by atoms with Gasteiger partial charge in [0.15, 0.2) is 5.82 Å². The zero-order valence-electron chi connectivity index (χ0n) is 12.5. The van der Waals surface area contributed by atoms with Crippen molar-refractivity contribution >= 4 is 5.95 Å². The lowest BCUT2D eigenvalue weighted by Gasteiger charge is -2.32. The minimum atomic E-state index is -4.46. The first-order valence-electron chi connectivity index (χ1n) is 7.36. The van der Waals surface area contributed by atoms with Crippen molar-refractivity contribution in [3.05, 3.63) is 29.7 Å². The Kier molecular flexibility index (Phi) is 4.18. The van der Waals surface area contributed by atoms with Crippen LogP contribution >= 0.6 is 0 Å². The number of aryl methyl sites for hydroxylation is 1. The van der Waals surface area contributed by atoms with E-state index in [-0.39, 0.29) is 11.9 Å². The third kappa shape index (κ3) is 3.77. The maximum atomic E-state index is 12.8. The minimum Gasteiger partial charge on any atom is -0.341 e. The van der Waals surface area contributed by atoms with E-state index in [0.29, 0.717) is 31.2 Å². The summed E-state index contributed by atoms with van der Waals surface area (Å²) in [5.74, 6) is 1.49. The fourth-order valence-electron chi connectivity index (χ4n) is 2.75. The summed E-state index contributed by atoms with van der Waals surface area (Å²) < 4.78 is 43.2. The van der Waals surface area contributed by atoms with Gasteiger partial charge in [0.05, 0.1) is 0 Å². The Bertz CT molecular complexity index is 672. The van der Waals surface area contributed by atoms with Crippen molar-refractivity contribution in [2.75, 3.05) is 18.0 Å². The summed E-state index contributed by atoms with van der Waals surface area (Å²) in [5.41, 5.74) is -0.918. The zero-order valence-corrected chi connectivity index (χ0v) is 12.5. The van der Waals surface area contributed by atoms with Crippen LogP contribution in [0, 0.1) is 12.8 Å². The van der Waals surface area contributed by atoms with Gasteiger partial charge < -0.3 is 9.42 Å². The van der Waals surface area contributed by atoms with Crippen LogP contribution in [0.3, 0.4) is 0 Å². The van der Waals surface area contributed by atoms with Crippen LogP contribution < -0.4 is 4.90 Å². The maximum absolute atomic E-state index is 12.8. The highest BCUT2D eigenvalue weighted by Crippen LogP contribution is 2.29. The Hall–Kier alpha value is -2.19. The second-order valence-corrected chi connectivity index (χ2v) is 5.63. The molecule has 1 atom stereocenters. The predicted molar refractivity (Wildman–Crippen MR) is 74.7 cm³/mol. The highest BCUT2D eigenvalue weighted by molar-refractivity contribution is 5.31. The summed E-state index contributed by atoms with van der Waals surface area (Å²) in [6.07, 6.45) is -0.858. The molecule has 0 bridgehead atoms. The van der Waals surface area contributed by atoms with Gasteiger partial charge in [0.1, 0.15) is 5.69 Å². The molecule has 0 radical (unpaired) electrons. The molecule has 1 saturated heterocycles. The van der Waals surface area contributed by atoms with Gasteiger partial charge in [0.2, 0.25) is 11.8 Å². The normalized spacial score (nSPS) is 19.1. The molecular weight excluding hydrogens is 311 g/mol. The number of nitrogens with zero attached hydrogens (tertiary/aromatic N) is 5. The van der Waals surface area contributed by atoms with Crippen molar-refractivity contribution in [3.8, 4) is 0 Å². The summed E-state index contributed by atoms with van der Waals surface area (Å²) in [7, 11) is 0. The number of aromatic nitrogens is 4. The standard InChI is InChI=1S/C14H16F3N5O/c1-9-19-12(21-23-9)7-10-3-2-6-22(8-10)13-18-5-4-11(20-13)14(15,16)17/h4-5,10H,2-3,6-8H2,1H3. The molecule has 0 spiro atoms. The van der Waals surface area contributed by atoms with Crippen LogP contribution in [0.2, 0.25) is 0 Å². The summed E-state index contributed by atoms with van der Waals surface area (Å²) in [6.45, 7) is 2.94. The molecule has 1 unspecified atom stereocenters. The summed E-state index contributed by atoms with van der Waals surface area (Å²) in [6, 6.07) is 0.882. The van der Waals surface area contributed by atoms with E-state index >= 15 is 0 Å². The Labute approximate surface area is 130 Å². The quantitative estimate of drug-likeness (QED) is 0.863. The monoisotopic (exact) mass is 327 g/mol. The van der Waals surface area contributed by atoms with Crippen LogP contribution in [0.15, 0.2) is 16.8 Å². The number of alkyl halides is 3. The van der Waals surface area contributed by atoms with Crippen LogP contribution in [-0.4, -0.2) is 33.2 Å². The average molecular weight is 327 g/mol. The van der Waals surface area contributed by atoms with Crippen LogP contribution in [0.4, 0.5) is 19.1 Å². The third-order valence-corrected chi connectivity index (χ3v) is 3.78. The SMILES string of the molecule is Cc1nc(CC2CCCN(c3nccc(C(F)(F)F)n3)C2)no1. The highest BCUT2D eigenvalue weighted by Gasteiger charge is 2.33. The molecule has 1 aliphatic heterocycles. The third-order valence-electron chi connectivity index (χ3n) is 3.78. The molecule has 1 aliphatic rings. The smallest absolute Gasteiger partial charge is 0.341 e. The number of rotatable bonds is 3. The van der Waals surface area contributed by atoms with Crippen molar-refractivity contribution in [2.24, 2.45) is 5.92 Å². The molecule has 0 amide bonds. The fraction of sp³-hybridized carbons (Fsp3) is 0.571. The Morgan fingerprint density at radius 1 is 1.35 bits per heavy atom. The highest BCUT2D eigenvalue weighted by atomic mass is 19.4. The molecule has 0 saturated carbocycles. The largest absolute Gasteiger partial charge is 0.433 e. The lowest BCUT2D eigenvalue weighted by molar-refractivity contribution is -0.141. The molecule has 3 rings (SSSR count). The first kappa shape index (κ1) is 15.7. The lowest BCUT2D eigenvalue weighted by Crippen LogP contribution is -2.37. The minimum absolute atomic E-state index is 0.119. The lowest BCUT2D eigenvalue weighted by atomic mass is 9.95. The number of hydrogen-bond donors (Lipinski definition) is 0. The fourth-order valence-corrected chi connectivity index (χ4v) is 2.75. The van der Waals surface area contributed by atoms with E-state index < -0.39 is 11.9 Å². The summed E-state index contributed by atoms with van der Waals surface area (Å²) in [4.78, 5) is 13.6. The van der Waals surface area contributed by atoms with Crippen molar-refractivity contribution in [3.63, 3.8) is 0 Å². The Balaban J connectivity index is 1.71. The van der Waals surface area contributed by atoms with Gasteiger partial charge in [-0.3, -0.25) is 0 Å². The Morgan fingerprint density at radius 3 is 2.87 bits per heavy atom. The Morgan fingerprint density at radius 2 is 2.17 bits per heavy atom. The van der Waals surface area contributed by atoms with E-state index in [1.807, 2.05) is 0 Å². The molecule has 1 fully saturated rings. The van der Waals surface area contributed by atoms with Crippen molar-refractivity contribution in [1.82, 2.24) is 20.1 Å².